The maximum atomic E-state index is 15.4. The SMILES string of the molecule is C[C@@H](NS(=O)(=O)C1CCCC1)c1cn(CC(C)(C)C)c2cc(-c3ccccc3C(F)(F)F)c(F)cc12. The van der Waals surface area contributed by atoms with E-state index in [1.165, 1.54) is 30.3 Å². The minimum atomic E-state index is -4.64. The van der Waals surface area contributed by atoms with E-state index in [9.17, 15) is 21.6 Å². The van der Waals surface area contributed by atoms with Gasteiger partial charge in [0.1, 0.15) is 5.82 Å². The van der Waals surface area contributed by atoms with Gasteiger partial charge in [0.25, 0.3) is 0 Å². The predicted octanol–water partition coefficient (Wildman–Crippen LogP) is 7.44. The fourth-order valence-electron chi connectivity index (χ4n) is 5.10. The Kier molecular flexibility index (Phi) is 7.03. The molecule has 0 bridgehead atoms. The number of alkyl halides is 3. The molecule has 3 aromatic rings. The second-order valence-corrected chi connectivity index (χ2v) is 12.9. The number of nitrogens with zero attached hydrogens (tertiary/aromatic N) is 1. The number of rotatable bonds is 6. The molecule has 0 unspecified atom stereocenters. The average molecular weight is 525 g/mol. The molecule has 36 heavy (non-hydrogen) atoms. The van der Waals surface area contributed by atoms with E-state index in [0.29, 0.717) is 35.9 Å². The molecule has 1 atom stereocenters. The summed E-state index contributed by atoms with van der Waals surface area (Å²) in [5.41, 5.74) is -0.326. The molecule has 0 radical (unpaired) electrons. The van der Waals surface area contributed by atoms with E-state index in [-0.39, 0.29) is 16.5 Å². The van der Waals surface area contributed by atoms with Crippen LogP contribution in [0.25, 0.3) is 22.0 Å². The number of fused-ring (bicyclic) bond motifs is 1. The smallest absolute Gasteiger partial charge is 0.347 e. The third-order valence-corrected chi connectivity index (χ3v) is 8.75. The molecule has 2 aromatic carbocycles. The zero-order valence-corrected chi connectivity index (χ0v) is 21.7. The molecular formula is C27H32F4N2O2S. The molecule has 0 aliphatic heterocycles. The highest BCUT2D eigenvalue weighted by atomic mass is 32.2. The maximum absolute atomic E-state index is 15.4. The Hall–Kier alpha value is -2.39. The summed E-state index contributed by atoms with van der Waals surface area (Å²) in [7, 11) is -3.56. The van der Waals surface area contributed by atoms with Crippen molar-refractivity contribution in [2.24, 2.45) is 5.41 Å². The van der Waals surface area contributed by atoms with Crippen molar-refractivity contribution in [3.05, 3.63) is 59.5 Å². The lowest BCUT2D eigenvalue weighted by atomic mass is 9.96. The van der Waals surface area contributed by atoms with Crippen LogP contribution in [0.1, 0.15) is 70.5 Å². The van der Waals surface area contributed by atoms with Crippen molar-refractivity contribution in [3.8, 4) is 11.1 Å². The van der Waals surface area contributed by atoms with Gasteiger partial charge in [0.05, 0.1) is 10.8 Å². The fourth-order valence-corrected chi connectivity index (χ4v) is 6.87. The van der Waals surface area contributed by atoms with Gasteiger partial charge < -0.3 is 4.57 Å². The number of halogens is 4. The Morgan fingerprint density at radius 3 is 2.31 bits per heavy atom. The van der Waals surface area contributed by atoms with E-state index in [2.05, 4.69) is 4.72 Å². The van der Waals surface area contributed by atoms with Gasteiger partial charge in [-0.05, 0) is 54.5 Å². The van der Waals surface area contributed by atoms with Gasteiger partial charge in [-0.15, -0.1) is 0 Å². The topological polar surface area (TPSA) is 51.1 Å². The number of aromatic nitrogens is 1. The van der Waals surface area contributed by atoms with Gasteiger partial charge in [-0.2, -0.15) is 13.2 Å². The Morgan fingerprint density at radius 2 is 1.69 bits per heavy atom. The summed E-state index contributed by atoms with van der Waals surface area (Å²) in [5.74, 6) is -0.792. The van der Waals surface area contributed by atoms with E-state index in [1.54, 1.807) is 13.1 Å². The zero-order valence-electron chi connectivity index (χ0n) is 20.9. The van der Waals surface area contributed by atoms with Crippen LogP contribution in [-0.4, -0.2) is 18.2 Å². The highest BCUT2D eigenvalue weighted by molar-refractivity contribution is 7.90. The van der Waals surface area contributed by atoms with Crippen molar-refractivity contribution < 1.29 is 26.0 Å². The summed E-state index contributed by atoms with van der Waals surface area (Å²) in [6.45, 7) is 8.29. The summed E-state index contributed by atoms with van der Waals surface area (Å²) < 4.78 is 87.0. The Bertz CT molecular complexity index is 1360. The van der Waals surface area contributed by atoms with Crippen molar-refractivity contribution in [2.45, 2.75) is 77.4 Å². The fraction of sp³-hybridized carbons (Fsp3) is 0.481. The molecule has 1 heterocycles. The first-order valence-electron chi connectivity index (χ1n) is 12.2. The Labute approximate surface area is 209 Å². The highest BCUT2D eigenvalue weighted by Crippen LogP contribution is 2.40. The van der Waals surface area contributed by atoms with E-state index in [4.69, 9.17) is 0 Å². The normalized spacial score (nSPS) is 16.7. The van der Waals surface area contributed by atoms with Crippen LogP contribution in [0.2, 0.25) is 0 Å². The van der Waals surface area contributed by atoms with Crippen LogP contribution < -0.4 is 4.72 Å². The largest absolute Gasteiger partial charge is 0.417 e. The third kappa shape index (κ3) is 5.47. The first kappa shape index (κ1) is 26.7. The van der Waals surface area contributed by atoms with Gasteiger partial charge in [-0.1, -0.05) is 51.8 Å². The molecule has 1 aliphatic rings. The zero-order chi connectivity index (χ0) is 26.5. The van der Waals surface area contributed by atoms with Crippen LogP contribution in [0.4, 0.5) is 17.6 Å². The lowest BCUT2D eigenvalue weighted by Gasteiger charge is -2.20. The second kappa shape index (κ2) is 9.49. The van der Waals surface area contributed by atoms with Crippen molar-refractivity contribution in [3.63, 3.8) is 0 Å². The van der Waals surface area contributed by atoms with Crippen molar-refractivity contribution in [1.29, 1.82) is 0 Å². The quantitative estimate of drug-likeness (QED) is 0.341. The van der Waals surface area contributed by atoms with E-state index >= 15 is 4.39 Å². The molecule has 0 amide bonds. The molecule has 1 N–H and O–H groups in total. The van der Waals surface area contributed by atoms with E-state index in [0.717, 1.165) is 18.9 Å². The molecule has 0 spiro atoms. The third-order valence-electron chi connectivity index (χ3n) is 6.72. The van der Waals surface area contributed by atoms with Gasteiger partial charge in [0.2, 0.25) is 10.0 Å². The molecule has 196 valence electrons. The molecule has 9 heteroatoms. The minimum Gasteiger partial charge on any atom is -0.347 e. The van der Waals surface area contributed by atoms with Crippen LogP contribution in [0.5, 0.6) is 0 Å². The van der Waals surface area contributed by atoms with Gasteiger partial charge in [0.15, 0.2) is 0 Å². The van der Waals surface area contributed by atoms with Crippen LogP contribution in [0.3, 0.4) is 0 Å². The highest BCUT2D eigenvalue weighted by Gasteiger charge is 2.35. The van der Waals surface area contributed by atoms with Crippen LogP contribution in [-0.2, 0) is 22.7 Å². The lowest BCUT2D eigenvalue weighted by molar-refractivity contribution is -0.137. The number of nitrogens with one attached hydrogen (secondary N) is 1. The van der Waals surface area contributed by atoms with Crippen molar-refractivity contribution in [2.75, 3.05) is 0 Å². The average Bonchev–Trinajstić information content (AvgIpc) is 3.41. The molecule has 1 aliphatic carbocycles. The summed E-state index contributed by atoms with van der Waals surface area (Å²) >= 11 is 0. The molecule has 1 saturated carbocycles. The van der Waals surface area contributed by atoms with Crippen LogP contribution in [0.15, 0.2) is 42.6 Å². The molecule has 4 nitrogen and oxygen atoms in total. The minimum absolute atomic E-state index is 0.144. The first-order valence-corrected chi connectivity index (χ1v) is 13.7. The lowest BCUT2D eigenvalue weighted by Crippen LogP contribution is -2.34. The maximum Gasteiger partial charge on any atom is 0.417 e. The first-order chi connectivity index (χ1) is 16.7. The van der Waals surface area contributed by atoms with E-state index < -0.39 is 38.9 Å². The summed E-state index contributed by atoms with van der Waals surface area (Å²) in [6.07, 6.45) is 0.131. The van der Waals surface area contributed by atoms with Crippen LogP contribution in [0, 0.1) is 11.2 Å². The number of sulfonamides is 1. The van der Waals surface area contributed by atoms with Crippen LogP contribution >= 0.6 is 0 Å². The monoisotopic (exact) mass is 524 g/mol. The van der Waals surface area contributed by atoms with Gasteiger partial charge in [0, 0.05) is 35.2 Å². The molecular weight excluding hydrogens is 492 g/mol. The van der Waals surface area contributed by atoms with Gasteiger partial charge in [-0.25, -0.2) is 17.5 Å². The second-order valence-electron chi connectivity index (χ2n) is 11.0. The van der Waals surface area contributed by atoms with E-state index in [1.807, 2.05) is 25.3 Å². The Morgan fingerprint density at radius 1 is 1.06 bits per heavy atom. The standard InChI is InChI=1S/C27H32F4N2O2S/c1-17(32-36(34,35)18-9-5-6-10-18)22-15-33(16-26(2,3)4)25-14-20(24(28)13-21(22)25)19-11-7-8-12-23(19)27(29,30)31/h7-8,11-15,17-18,32H,5-6,9-10,16H2,1-4H3/t17-/m1/s1. The summed E-state index contributed by atoms with van der Waals surface area (Å²) in [4.78, 5) is 0. The molecule has 1 aromatic heterocycles. The van der Waals surface area contributed by atoms with Gasteiger partial charge in [-0.3, -0.25) is 0 Å². The van der Waals surface area contributed by atoms with Gasteiger partial charge >= 0.3 is 6.18 Å². The molecule has 0 saturated heterocycles. The Balaban J connectivity index is 1.85. The number of benzene rings is 2. The summed E-state index contributed by atoms with van der Waals surface area (Å²) in [5, 5.41) is 0.0386. The molecule has 4 rings (SSSR count). The number of hydrogen-bond acceptors (Lipinski definition) is 2. The molecule has 1 fully saturated rings. The summed E-state index contributed by atoms with van der Waals surface area (Å²) in [6, 6.07) is 6.98. The van der Waals surface area contributed by atoms with Crippen molar-refractivity contribution in [1.82, 2.24) is 9.29 Å². The number of hydrogen-bond donors (Lipinski definition) is 1. The predicted molar refractivity (Wildman–Crippen MR) is 135 cm³/mol. The van der Waals surface area contributed by atoms with Crippen molar-refractivity contribution >= 4 is 20.9 Å².